The Labute approximate surface area is 145 Å². The van der Waals surface area contributed by atoms with Gasteiger partial charge < -0.3 is 16.4 Å². The Morgan fingerprint density at radius 1 is 1.38 bits per heavy atom. The Kier molecular flexibility index (Phi) is 8.31. The summed E-state index contributed by atoms with van der Waals surface area (Å²) in [5, 5.41) is 6.49. The summed E-state index contributed by atoms with van der Waals surface area (Å²) >= 11 is 0. The Morgan fingerprint density at radius 3 is 2.62 bits per heavy atom. The smallest absolute Gasteiger partial charge is 0.204 e. The van der Waals surface area contributed by atoms with E-state index in [1.165, 1.54) is 0 Å². The van der Waals surface area contributed by atoms with E-state index >= 15 is 0 Å². The number of amides is 1. The molecule has 0 unspecified atom stereocenters. The monoisotopic (exact) mass is 329 g/mol. The van der Waals surface area contributed by atoms with Gasteiger partial charge in [0.05, 0.1) is 0 Å². The quantitative estimate of drug-likeness (QED) is 0.457. The fraction of sp³-hybridized carbons (Fsp3) is 0.167. The zero-order chi connectivity index (χ0) is 17.8. The highest BCUT2D eigenvalue weighted by atomic mass is 16.1. The van der Waals surface area contributed by atoms with Crippen molar-refractivity contribution >= 4 is 23.6 Å². The van der Waals surface area contributed by atoms with Crippen LogP contribution < -0.4 is 16.4 Å². The minimum Gasteiger partial charge on any atom is -0.372 e. The van der Waals surface area contributed by atoms with Gasteiger partial charge in [0.15, 0.2) is 5.96 Å². The summed E-state index contributed by atoms with van der Waals surface area (Å²) < 4.78 is 0. The zero-order valence-electron chi connectivity index (χ0n) is 14.0. The van der Waals surface area contributed by atoms with E-state index < -0.39 is 0 Å². The van der Waals surface area contributed by atoms with E-state index in [0.717, 1.165) is 22.5 Å². The van der Waals surface area contributed by atoms with Gasteiger partial charge in [0.2, 0.25) is 6.41 Å². The van der Waals surface area contributed by atoms with Crippen LogP contribution in [0.25, 0.3) is 5.57 Å². The van der Waals surface area contributed by atoms with Crippen LogP contribution in [0.1, 0.15) is 14.1 Å². The first-order valence-corrected chi connectivity index (χ1v) is 7.39. The predicted molar refractivity (Wildman–Crippen MR) is 104 cm³/mol. The molecule has 0 fully saturated rings. The van der Waals surface area contributed by atoms with E-state index in [4.69, 9.17) is 4.79 Å². The maximum Gasteiger partial charge on any atom is 0.204 e. The number of pyridine rings is 1. The SMILES string of the molecule is C=C(CNC(=NC)Nc1ccnc(C)c1)c1ccccc1.NC=O.[HH].[HH]. The molecule has 0 aliphatic rings. The minimum atomic E-state index is 0. The second-order valence-corrected chi connectivity index (χ2v) is 4.84. The molecule has 1 heterocycles. The topological polar surface area (TPSA) is 92.4 Å². The summed E-state index contributed by atoms with van der Waals surface area (Å²) in [4.78, 5) is 17.0. The van der Waals surface area contributed by atoms with Gasteiger partial charge in [-0.1, -0.05) is 36.9 Å². The third-order valence-corrected chi connectivity index (χ3v) is 3.03. The lowest BCUT2D eigenvalue weighted by molar-refractivity contribution is -0.106. The minimum absolute atomic E-state index is 0. The second kappa shape index (κ2) is 10.6. The first kappa shape index (κ1) is 18.9. The highest BCUT2D eigenvalue weighted by molar-refractivity contribution is 5.94. The van der Waals surface area contributed by atoms with Crippen molar-refractivity contribution in [2.75, 3.05) is 18.9 Å². The van der Waals surface area contributed by atoms with E-state index in [2.05, 4.69) is 32.9 Å². The average Bonchev–Trinajstić information content (AvgIpc) is 2.60. The van der Waals surface area contributed by atoms with Gasteiger partial charge in [-0.05, 0) is 30.2 Å². The molecule has 130 valence electrons. The summed E-state index contributed by atoms with van der Waals surface area (Å²) in [5.41, 5.74) is 8.23. The molecule has 0 bridgehead atoms. The fourth-order valence-corrected chi connectivity index (χ4v) is 1.91. The number of hydrogen-bond donors (Lipinski definition) is 3. The summed E-state index contributed by atoms with van der Waals surface area (Å²) in [6.07, 6.45) is 2.02. The number of hydrogen-bond acceptors (Lipinski definition) is 3. The molecule has 24 heavy (non-hydrogen) atoms. The zero-order valence-corrected chi connectivity index (χ0v) is 14.0. The highest BCUT2D eigenvalue weighted by Gasteiger charge is 2.02. The Hall–Kier alpha value is -3.15. The molecule has 0 aliphatic heterocycles. The predicted octanol–water partition coefficient (Wildman–Crippen LogP) is 2.68. The van der Waals surface area contributed by atoms with Crippen LogP contribution >= 0.6 is 0 Å². The van der Waals surface area contributed by atoms with Crippen molar-refractivity contribution in [3.8, 4) is 0 Å². The van der Waals surface area contributed by atoms with Crippen molar-refractivity contribution in [3.05, 3.63) is 66.5 Å². The number of carbonyl (C=O) groups is 1. The van der Waals surface area contributed by atoms with Gasteiger partial charge in [-0.15, -0.1) is 0 Å². The molecular formula is C18H27N5O. The van der Waals surface area contributed by atoms with Crippen LogP contribution in [-0.2, 0) is 4.79 Å². The molecular weight excluding hydrogens is 302 g/mol. The molecule has 0 aliphatic carbocycles. The lowest BCUT2D eigenvalue weighted by Gasteiger charge is -2.13. The normalized spacial score (nSPS) is 10.2. The van der Waals surface area contributed by atoms with Crippen molar-refractivity contribution in [2.24, 2.45) is 10.7 Å². The van der Waals surface area contributed by atoms with Crippen LogP contribution in [0.4, 0.5) is 5.69 Å². The van der Waals surface area contributed by atoms with Crippen LogP contribution in [0.2, 0.25) is 0 Å². The van der Waals surface area contributed by atoms with Crippen molar-refractivity contribution < 1.29 is 7.65 Å². The number of nitrogens with one attached hydrogen (secondary N) is 2. The highest BCUT2D eigenvalue weighted by Crippen LogP contribution is 2.10. The van der Waals surface area contributed by atoms with Crippen LogP contribution in [-0.4, -0.2) is 30.9 Å². The van der Waals surface area contributed by atoms with Gasteiger partial charge in [0.1, 0.15) is 0 Å². The summed E-state index contributed by atoms with van der Waals surface area (Å²) in [5.74, 6) is 0.706. The summed E-state index contributed by atoms with van der Waals surface area (Å²) in [6.45, 7) is 6.69. The molecule has 1 aromatic carbocycles. The number of primary amides is 1. The number of aliphatic imine (C=N–C) groups is 1. The third kappa shape index (κ3) is 6.74. The van der Waals surface area contributed by atoms with Crippen LogP contribution in [0, 0.1) is 6.92 Å². The number of nitrogens with two attached hydrogens (primary N) is 1. The maximum absolute atomic E-state index is 8.58. The molecule has 0 radical (unpaired) electrons. The van der Waals surface area contributed by atoms with Crippen LogP contribution in [0.5, 0.6) is 0 Å². The number of anilines is 1. The van der Waals surface area contributed by atoms with Gasteiger partial charge in [-0.2, -0.15) is 0 Å². The molecule has 2 aromatic rings. The van der Waals surface area contributed by atoms with E-state index in [-0.39, 0.29) is 9.26 Å². The maximum atomic E-state index is 8.58. The van der Waals surface area contributed by atoms with Crippen LogP contribution in [0.3, 0.4) is 0 Å². The molecule has 6 heteroatoms. The molecule has 0 saturated heterocycles. The van der Waals surface area contributed by atoms with Gasteiger partial charge in [0.25, 0.3) is 0 Å². The first-order chi connectivity index (χ1) is 11.6. The number of rotatable bonds is 4. The molecule has 0 saturated carbocycles. The van der Waals surface area contributed by atoms with Gasteiger partial charge >= 0.3 is 0 Å². The number of guanidine groups is 1. The molecule has 6 nitrogen and oxygen atoms in total. The lowest BCUT2D eigenvalue weighted by atomic mass is 10.1. The lowest BCUT2D eigenvalue weighted by Crippen LogP contribution is -2.31. The average molecular weight is 329 g/mol. The number of benzene rings is 1. The molecule has 0 atom stereocenters. The molecule has 2 rings (SSSR count). The Morgan fingerprint density at radius 2 is 2.04 bits per heavy atom. The van der Waals surface area contributed by atoms with Gasteiger partial charge in [-0.25, -0.2) is 0 Å². The molecule has 1 aromatic heterocycles. The number of aryl methyl sites for hydroxylation is 1. The van der Waals surface area contributed by atoms with Crippen molar-refractivity contribution in [2.45, 2.75) is 6.92 Å². The third-order valence-electron chi connectivity index (χ3n) is 3.03. The van der Waals surface area contributed by atoms with E-state index in [1.54, 1.807) is 13.2 Å². The number of nitrogens with zero attached hydrogens (tertiary/aromatic N) is 2. The Bertz CT molecular complexity index is 693. The second-order valence-electron chi connectivity index (χ2n) is 4.84. The standard InChI is InChI=1S/C17H20N4.CH3NO.2H2/c1-13(15-7-5-4-6-8-15)12-20-17(18-3)21-16-9-10-19-14(2)11-16;2-1-3;;/h4-11H,1,12H2,2-3H3,(H2,18,19,20,21);1H,(H2,2,3);2*1H. The molecule has 0 spiro atoms. The number of aromatic nitrogens is 1. The fourth-order valence-electron chi connectivity index (χ4n) is 1.91. The van der Waals surface area contributed by atoms with E-state index in [9.17, 15) is 0 Å². The van der Waals surface area contributed by atoms with Crippen LogP contribution in [0.15, 0.2) is 60.2 Å². The largest absolute Gasteiger partial charge is 0.372 e. The summed E-state index contributed by atoms with van der Waals surface area (Å²) in [6, 6.07) is 14.0. The van der Waals surface area contributed by atoms with Crippen molar-refractivity contribution in [3.63, 3.8) is 0 Å². The van der Waals surface area contributed by atoms with E-state index in [0.29, 0.717) is 12.5 Å². The first-order valence-electron chi connectivity index (χ1n) is 7.39. The number of carbonyl (C=O) groups excluding carboxylic acids is 1. The summed E-state index contributed by atoms with van der Waals surface area (Å²) in [7, 11) is 1.74. The van der Waals surface area contributed by atoms with Crippen molar-refractivity contribution in [1.82, 2.24) is 10.3 Å². The van der Waals surface area contributed by atoms with Crippen molar-refractivity contribution in [1.29, 1.82) is 0 Å². The van der Waals surface area contributed by atoms with Gasteiger partial charge in [-0.3, -0.25) is 14.8 Å². The molecule has 1 amide bonds. The van der Waals surface area contributed by atoms with E-state index in [1.807, 2.05) is 49.4 Å². The Balaban J connectivity index is 0. The van der Waals surface area contributed by atoms with Gasteiger partial charge in [0, 0.05) is 34.0 Å². The molecule has 4 N–H and O–H groups in total.